The summed E-state index contributed by atoms with van der Waals surface area (Å²) >= 11 is 1.59. The van der Waals surface area contributed by atoms with E-state index < -0.39 is 6.10 Å². The second kappa shape index (κ2) is 7.37. The van der Waals surface area contributed by atoms with Crippen molar-refractivity contribution in [3.63, 3.8) is 0 Å². The van der Waals surface area contributed by atoms with Crippen LogP contribution < -0.4 is 5.32 Å². The lowest BCUT2D eigenvalue weighted by Gasteiger charge is -2.23. The minimum absolute atomic E-state index is 0.184. The Balaban J connectivity index is 1.85. The molecule has 7 nitrogen and oxygen atoms in total. The van der Waals surface area contributed by atoms with Gasteiger partial charge in [0.1, 0.15) is 5.69 Å². The van der Waals surface area contributed by atoms with E-state index >= 15 is 0 Å². The first kappa shape index (κ1) is 17.6. The summed E-state index contributed by atoms with van der Waals surface area (Å²) in [5.41, 5.74) is 1.61. The number of thiophene rings is 1. The zero-order chi connectivity index (χ0) is 18.0. The Hall–Kier alpha value is -2.19. The number of β-amino-alcohol motifs (C(OH)–C–C–N with tert-alkyl or cyclic N) is 1. The maximum absolute atomic E-state index is 13.0. The Labute approximate surface area is 150 Å². The minimum atomic E-state index is -0.717. The van der Waals surface area contributed by atoms with Gasteiger partial charge in [-0.15, -0.1) is 0 Å². The van der Waals surface area contributed by atoms with E-state index in [9.17, 15) is 14.7 Å². The molecular formula is C17H22N4O3S. The SMILES string of the molecule is CC(C)CN(Cc1ccsc1)C(=O)c1cc2n(n1)CC(O)CNC2=O. The second-order valence-corrected chi connectivity index (χ2v) is 7.45. The number of fused-ring (bicyclic) bond motifs is 1. The smallest absolute Gasteiger partial charge is 0.274 e. The first-order chi connectivity index (χ1) is 11.9. The molecular weight excluding hydrogens is 340 g/mol. The van der Waals surface area contributed by atoms with E-state index in [0.717, 1.165) is 5.56 Å². The zero-order valence-electron chi connectivity index (χ0n) is 14.3. The van der Waals surface area contributed by atoms with Crippen molar-refractivity contribution >= 4 is 23.2 Å². The van der Waals surface area contributed by atoms with Crippen LogP contribution in [0.4, 0.5) is 0 Å². The highest BCUT2D eigenvalue weighted by Crippen LogP contribution is 2.16. The van der Waals surface area contributed by atoms with Gasteiger partial charge in [-0.3, -0.25) is 14.3 Å². The normalized spacial score (nSPS) is 17.1. The number of amides is 2. The minimum Gasteiger partial charge on any atom is -0.389 e. The molecule has 0 saturated carbocycles. The van der Waals surface area contributed by atoms with Crippen LogP contribution in [0.15, 0.2) is 22.9 Å². The van der Waals surface area contributed by atoms with Crippen molar-refractivity contribution in [1.82, 2.24) is 20.0 Å². The van der Waals surface area contributed by atoms with Crippen molar-refractivity contribution in [3.05, 3.63) is 39.8 Å². The summed E-state index contributed by atoms with van der Waals surface area (Å²) in [5.74, 6) is -0.216. The van der Waals surface area contributed by atoms with Crippen LogP contribution in [0, 0.1) is 5.92 Å². The number of aromatic nitrogens is 2. The van der Waals surface area contributed by atoms with Crippen LogP contribution >= 0.6 is 11.3 Å². The van der Waals surface area contributed by atoms with E-state index in [1.54, 1.807) is 16.2 Å². The summed E-state index contributed by atoms with van der Waals surface area (Å²) in [6.45, 7) is 5.60. The number of hydrogen-bond donors (Lipinski definition) is 2. The molecule has 2 amide bonds. The third-order valence-corrected chi connectivity index (χ3v) is 4.67. The number of carbonyl (C=O) groups is 2. The highest BCUT2D eigenvalue weighted by molar-refractivity contribution is 7.07. The van der Waals surface area contributed by atoms with Crippen LogP contribution in [0.2, 0.25) is 0 Å². The van der Waals surface area contributed by atoms with Gasteiger partial charge in [-0.1, -0.05) is 13.8 Å². The van der Waals surface area contributed by atoms with Crippen molar-refractivity contribution in [2.24, 2.45) is 5.92 Å². The molecule has 8 heteroatoms. The number of rotatable bonds is 5. The molecule has 25 heavy (non-hydrogen) atoms. The van der Waals surface area contributed by atoms with Crippen molar-refractivity contribution < 1.29 is 14.7 Å². The summed E-state index contributed by atoms with van der Waals surface area (Å²) in [6, 6.07) is 3.51. The lowest BCUT2D eigenvalue weighted by molar-refractivity contribution is 0.0714. The third-order valence-electron chi connectivity index (χ3n) is 3.94. The Bertz CT molecular complexity index is 754. The Morgan fingerprint density at radius 2 is 2.36 bits per heavy atom. The molecule has 0 radical (unpaired) electrons. The highest BCUT2D eigenvalue weighted by Gasteiger charge is 2.26. The first-order valence-corrected chi connectivity index (χ1v) is 9.22. The van der Waals surface area contributed by atoms with Crippen LogP contribution in [0.25, 0.3) is 0 Å². The zero-order valence-corrected chi connectivity index (χ0v) is 15.1. The van der Waals surface area contributed by atoms with Crippen LogP contribution in [0.5, 0.6) is 0 Å². The second-order valence-electron chi connectivity index (χ2n) is 6.67. The summed E-state index contributed by atoms with van der Waals surface area (Å²) in [6.07, 6.45) is -0.717. The van der Waals surface area contributed by atoms with Gasteiger partial charge in [0.25, 0.3) is 11.8 Å². The predicted octanol–water partition coefficient (Wildman–Crippen LogP) is 1.35. The number of carbonyl (C=O) groups excluding carboxylic acids is 2. The highest BCUT2D eigenvalue weighted by atomic mass is 32.1. The van der Waals surface area contributed by atoms with Gasteiger partial charge in [-0.2, -0.15) is 16.4 Å². The van der Waals surface area contributed by atoms with E-state index in [1.165, 1.54) is 10.7 Å². The van der Waals surface area contributed by atoms with E-state index in [4.69, 9.17) is 0 Å². The lowest BCUT2D eigenvalue weighted by Crippen LogP contribution is -2.34. The molecule has 0 bridgehead atoms. The van der Waals surface area contributed by atoms with Crippen molar-refractivity contribution in [1.29, 1.82) is 0 Å². The summed E-state index contributed by atoms with van der Waals surface area (Å²) in [7, 11) is 0. The van der Waals surface area contributed by atoms with Crippen LogP contribution in [0.1, 0.15) is 40.4 Å². The van der Waals surface area contributed by atoms with Gasteiger partial charge in [0.15, 0.2) is 5.69 Å². The number of aliphatic hydroxyl groups excluding tert-OH is 1. The fourth-order valence-corrected chi connectivity index (χ4v) is 3.49. The van der Waals surface area contributed by atoms with Gasteiger partial charge in [-0.05, 0) is 28.3 Å². The molecule has 1 aliphatic heterocycles. The maximum atomic E-state index is 13.0. The lowest BCUT2D eigenvalue weighted by atomic mass is 10.1. The fraction of sp³-hybridized carbons (Fsp3) is 0.471. The molecule has 1 aliphatic rings. The Morgan fingerprint density at radius 3 is 3.04 bits per heavy atom. The molecule has 0 spiro atoms. The van der Waals surface area contributed by atoms with E-state index in [0.29, 0.717) is 24.7 Å². The Kier molecular flexibility index (Phi) is 5.19. The quantitative estimate of drug-likeness (QED) is 0.840. The summed E-state index contributed by atoms with van der Waals surface area (Å²) in [4.78, 5) is 26.8. The van der Waals surface area contributed by atoms with Crippen LogP contribution in [0.3, 0.4) is 0 Å². The molecule has 0 aliphatic carbocycles. The summed E-state index contributed by atoms with van der Waals surface area (Å²) < 4.78 is 1.42. The molecule has 0 aromatic carbocycles. The van der Waals surface area contributed by atoms with Gasteiger partial charge in [-0.25, -0.2) is 0 Å². The average Bonchev–Trinajstić information content (AvgIpc) is 3.18. The van der Waals surface area contributed by atoms with E-state index in [1.807, 2.05) is 16.8 Å². The van der Waals surface area contributed by atoms with E-state index in [2.05, 4.69) is 24.3 Å². The molecule has 2 aromatic heterocycles. The molecule has 134 valence electrons. The molecule has 3 rings (SSSR count). The third kappa shape index (κ3) is 4.08. The first-order valence-electron chi connectivity index (χ1n) is 8.28. The molecule has 1 atom stereocenters. The van der Waals surface area contributed by atoms with E-state index in [-0.39, 0.29) is 30.6 Å². The molecule has 3 heterocycles. The molecule has 1 unspecified atom stereocenters. The standard InChI is InChI=1S/C17H22N4O3S/c1-11(2)7-20(8-12-3-4-25-10-12)17(24)14-5-15-16(23)18-6-13(22)9-21(15)19-14/h3-5,10-11,13,22H,6-9H2,1-2H3,(H,18,23). The molecule has 0 saturated heterocycles. The van der Waals surface area contributed by atoms with Crippen LogP contribution in [-0.4, -0.2) is 50.8 Å². The molecule has 0 fully saturated rings. The monoisotopic (exact) mass is 362 g/mol. The van der Waals surface area contributed by atoms with Gasteiger partial charge >= 0.3 is 0 Å². The topological polar surface area (TPSA) is 87.5 Å². The Morgan fingerprint density at radius 1 is 1.56 bits per heavy atom. The maximum Gasteiger partial charge on any atom is 0.274 e. The molecule has 2 N–H and O–H groups in total. The van der Waals surface area contributed by atoms with Crippen molar-refractivity contribution in [2.75, 3.05) is 13.1 Å². The van der Waals surface area contributed by atoms with Crippen molar-refractivity contribution in [2.45, 2.75) is 33.0 Å². The number of nitrogens with one attached hydrogen (secondary N) is 1. The fourth-order valence-electron chi connectivity index (χ4n) is 2.83. The summed E-state index contributed by atoms with van der Waals surface area (Å²) in [5, 5.41) is 20.7. The van der Waals surface area contributed by atoms with Crippen LogP contribution in [-0.2, 0) is 13.1 Å². The van der Waals surface area contributed by atoms with Gasteiger partial charge < -0.3 is 15.3 Å². The van der Waals surface area contributed by atoms with Gasteiger partial charge in [0, 0.05) is 25.7 Å². The number of aliphatic hydroxyl groups is 1. The number of hydrogen-bond acceptors (Lipinski definition) is 5. The largest absolute Gasteiger partial charge is 0.389 e. The predicted molar refractivity (Wildman–Crippen MR) is 94.5 cm³/mol. The van der Waals surface area contributed by atoms with Gasteiger partial charge in [0.2, 0.25) is 0 Å². The van der Waals surface area contributed by atoms with Crippen molar-refractivity contribution in [3.8, 4) is 0 Å². The number of nitrogens with zero attached hydrogens (tertiary/aromatic N) is 3. The van der Waals surface area contributed by atoms with Gasteiger partial charge in [0.05, 0.1) is 12.6 Å². The average molecular weight is 362 g/mol. The molecule has 2 aromatic rings.